The molecule has 0 aromatic heterocycles. The Labute approximate surface area is 49.7 Å². The van der Waals surface area contributed by atoms with Crippen LogP contribution in [0.3, 0.4) is 0 Å². The number of rotatable bonds is 0. The molecule has 0 saturated carbocycles. The minimum atomic E-state index is 2.72. The molecular weight excluding hydrogens is 199 g/mol. The van der Waals surface area contributed by atoms with Gasteiger partial charge in [-0.1, -0.05) is 0 Å². The van der Waals surface area contributed by atoms with Crippen LogP contribution in [0.2, 0.25) is 0 Å². The maximum absolute atomic E-state index is 3.06. The van der Waals surface area contributed by atoms with E-state index >= 15 is 0 Å². The third-order valence-electron chi connectivity index (χ3n) is 0. The molecule has 0 rings (SSSR count). The third-order valence-corrected chi connectivity index (χ3v) is 0. The molecule has 0 atom stereocenters. The van der Waals surface area contributed by atoms with Crippen LogP contribution in [0, 0.1) is 0 Å². The summed E-state index contributed by atoms with van der Waals surface area (Å²) in [5.74, 6) is 0. The van der Waals surface area contributed by atoms with Gasteiger partial charge < -0.3 is 0 Å². The van der Waals surface area contributed by atoms with Crippen molar-refractivity contribution < 1.29 is 42.4 Å². The van der Waals surface area contributed by atoms with Crippen LogP contribution in [0.4, 0.5) is 0 Å². The molecule has 30 valence electrons. The summed E-state index contributed by atoms with van der Waals surface area (Å²) in [7, 11) is 2.72. The predicted octanol–water partition coefficient (Wildman–Crippen LogP) is 0.586. The van der Waals surface area contributed by atoms with Gasteiger partial charge in [0.15, 0.2) is 0 Å². The summed E-state index contributed by atoms with van der Waals surface area (Å²) < 4.78 is 0. The average molecular weight is 200 g/mol. The van der Waals surface area contributed by atoms with E-state index < -0.39 is 0 Å². The first-order valence-electron chi connectivity index (χ1n) is 0.302. The normalized spacial score (nSPS) is 2.75. The van der Waals surface area contributed by atoms with Gasteiger partial charge in [0.25, 0.3) is 0 Å². The van der Waals surface area contributed by atoms with Gasteiger partial charge in [0.2, 0.25) is 0 Å². The fourth-order valence-corrected chi connectivity index (χ4v) is 0. The first-order valence-corrected chi connectivity index (χ1v) is 4.31. The number of hydrogen-bond acceptors (Lipinski definition) is 0. The van der Waals surface area contributed by atoms with E-state index in [9.17, 15) is 0 Å². The first-order chi connectivity index (χ1) is 2.00. The Bertz CT molecular complexity index is 5.25. The molecule has 0 aliphatic rings. The molecule has 0 unspecified atom stereocenters. The van der Waals surface area contributed by atoms with Gasteiger partial charge in [0.1, 0.15) is 0 Å². The molecule has 0 spiro atoms. The van der Waals surface area contributed by atoms with Crippen LogP contribution in [0.15, 0.2) is 0 Å². The summed E-state index contributed by atoms with van der Waals surface area (Å²) in [6.45, 7) is 0. The van der Waals surface area contributed by atoms with Crippen LogP contribution < -0.4 is 0 Å². The van der Waals surface area contributed by atoms with Gasteiger partial charge in [-0.3, -0.25) is 0 Å². The average Bonchev–Trinajstić information content (AvgIpc) is 1.50. The van der Waals surface area contributed by atoms with Gasteiger partial charge in [-0.25, -0.2) is 0 Å². The van der Waals surface area contributed by atoms with Gasteiger partial charge in [-0.15, -0.1) is 0 Å². The van der Waals surface area contributed by atoms with Crippen molar-refractivity contribution in [3.8, 4) is 0 Å². The van der Waals surface area contributed by atoms with Crippen molar-refractivity contribution in [3.05, 3.63) is 0 Å². The van der Waals surface area contributed by atoms with Crippen molar-refractivity contribution in [3.63, 3.8) is 0 Å². The molecule has 0 aromatic carbocycles. The topological polar surface area (TPSA) is 0 Å². The summed E-state index contributed by atoms with van der Waals surface area (Å²) in [4.78, 5) is 0. The predicted molar refractivity (Wildman–Crippen MR) is 8.31 cm³/mol. The van der Waals surface area contributed by atoms with Crippen molar-refractivity contribution in [1.82, 2.24) is 0 Å². The van der Waals surface area contributed by atoms with Crippen LogP contribution in [0.5, 0.6) is 0 Å². The Kier molecular flexibility index (Phi) is 48.6. The van der Waals surface area contributed by atoms with E-state index in [1.807, 2.05) is 0 Å². The molecule has 0 aliphatic heterocycles. The minimum absolute atomic E-state index is 2.72. The van der Waals surface area contributed by atoms with Gasteiger partial charge in [-0.05, 0) is 0 Å². The zero-order valence-corrected chi connectivity index (χ0v) is 5.87. The molecule has 4 heteroatoms. The van der Waals surface area contributed by atoms with Crippen LogP contribution in [-0.4, -0.2) is 0 Å². The zero-order chi connectivity index (χ0) is 4.00. The van der Waals surface area contributed by atoms with E-state index in [4.69, 9.17) is 0 Å². The van der Waals surface area contributed by atoms with Crippen LogP contribution in [-0.2, 0) is 42.4 Å². The van der Waals surface area contributed by atoms with Gasteiger partial charge >= 0.3 is 49.9 Å². The summed E-state index contributed by atoms with van der Waals surface area (Å²) >= 11 is 9.06. The van der Waals surface area contributed by atoms with E-state index in [1.54, 1.807) is 0 Å². The molecule has 0 bridgehead atoms. The van der Waals surface area contributed by atoms with Crippen molar-refractivity contribution in [2.75, 3.05) is 0 Å². The zero-order valence-electron chi connectivity index (χ0n) is 1.56. The molecule has 0 amide bonds. The summed E-state index contributed by atoms with van der Waals surface area (Å²) in [6, 6.07) is 0. The molecule has 4 heavy (non-hydrogen) atoms. The van der Waals surface area contributed by atoms with E-state index in [0.717, 1.165) is 0 Å². The molecule has 0 saturated heterocycles. The van der Waals surface area contributed by atoms with Crippen LogP contribution in [0.1, 0.15) is 0 Å². The second-order valence-corrected chi connectivity index (χ2v) is 0. The number of hydrogen-bond donors (Lipinski definition) is 0. The van der Waals surface area contributed by atoms with Crippen molar-refractivity contribution in [2.24, 2.45) is 0 Å². The van der Waals surface area contributed by atoms with Crippen molar-refractivity contribution in [2.45, 2.75) is 0 Å². The quantitative estimate of drug-likeness (QED) is 0.396. The Morgan fingerprint density at radius 3 is 1.00 bits per heavy atom. The van der Waals surface area contributed by atoms with Gasteiger partial charge in [0, 0.05) is 0 Å². The molecule has 0 radical (unpaired) electrons. The third kappa shape index (κ3) is 9.13. The first kappa shape index (κ1) is 9.29. The van der Waals surface area contributed by atoms with Crippen LogP contribution >= 0.6 is 7.49 Å². The van der Waals surface area contributed by atoms with Crippen LogP contribution in [0.25, 0.3) is 0 Å². The Morgan fingerprint density at radius 2 is 1.00 bits per heavy atom. The maximum atomic E-state index is 3.06. The van der Waals surface area contributed by atoms with Gasteiger partial charge in [0.05, 0.1) is 0 Å². The van der Waals surface area contributed by atoms with Gasteiger partial charge in [-0.2, -0.15) is 0 Å². The summed E-state index contributed by atoms with van der Waals surface area (Å²) in [5, 5.41) is 0. The SMILES string of the molecule is [Fe]=[Fe].[PH]=[Fe]. The fourth-order valence-electron chi connectivity index (χ4n) is 0. The monoisotopic (exact) mass is 200 g/mol. The molecule has 0 nitrogen and oxygen atoms in total. The molecule has 0 aliphatic carbocycles. The Balaban J connectivity index is 0. The van der Waals surface area contributed by atoms with E-state index in [2.05, 4.69) is 49.9 Å². The molecular formula is HFe3P. The molecule has 0 aromatic rings. The second-order valence-electron chi connectivity index (χ2n) is 0. The standard InChI is InChI=1S/3Fe.HP/h;;;1H. The van der Waals surface area contributed by atoms with Crippen molar-refractivity contribution in [1.29, 1.82) is 0 Å². The Morgan fingerprint density at radius 1 is 1.00 bits per heavy atom. The molecule has 0 heterocycles. The van der Waals surface area contributed by atoms with E-state index in [1.165, 1.54) is 0 Å². The Hall–Kier alpha value is 1.86. The summed E-state index contributed by atoms with van der Waals surface area (Å²) in [5.41, 5.74) is 0. The fraction of sp³-hybridized carbons (Fsp3) is 0. The molecule has 0 N–H and O–H groups in total. The van der Waals surface area contributed by atoms with E-state index in [0.29, 0.717) is 0 Å². The van der Waals surface area contributed by atoms with Crippen molar-refractivity contribution >= 4 is 7.49 Å². The van der Waals surface area contributed by atoms with E-state index in [-0.39, 0.29) is 0 Å². The summed E-state index contributed by atoms with van der Waals surface area (Å²) in [6.07, 6.45) is 0. The second kappa shape index (κ2) is 20.9. The molecule has 0 fully saturated rings.